The molecule has 1 nitrogen and oxygen atoms in total. The molecule has 2 heteroatoms. The highest BCUT2D eigenvalue weighted by Gasteiger charge is 2.39. The van der Waals surface area contributed by atoms with Gasteiger partial charge in [0.05, 0.1) is 6.04 Å². The van der Waals surface area contributed by atoms with Gasteiger partial charge < -0.3 is 5.32 Å². The van der Waals surface area contributed by atoms with E-state index in [1.807, 2.05) is 0 Å². The number of allylic oxidation sites excluding steroid dienone is 2. The zero-order valence-electron chi connectivity index (χ0n) is 13.2. The van der Waals surface area contributed by atoms with Gasteiger partial charge in [0.25, 0.3) is 0 Å². The molecule has 0 aromatic heterocycles. The lowest BCUT2D eigenvalue weighted by Gasteiger charge is -2.22. The number of benzene rings is 2. The number of halogens is 1. The SMILES string of the molecule is CC1(C)c2ccccc2-c2cc3c(cc21)C1C=C(Br)C=CC1N3. The average Bonchev–Trinajstić information content (AvgIpc) is 3.00. The molecule has 0 saturated carbocycles. The van der Waals surface area contributed by atoms with Gasteiger partial charge in [0.2, 0.25) is 0 Å². The maximum atomic E-state index is 3.69. The minimum absolute atomic E-state index is 0.0739. The van der Waals surface area contributed by atoms with Crippen molar-refractivity contribution in [1.82, 2.24) is 0 Å². The Bertz CT molecular complexity index is 904. The Hall–Kier alpha value is -1.80. The highest BCUT2D eigenvalue weighted by atomic mass is 79.9. The summed E-state index contributed by atoms with van der Waals surface area (Å²) in [6, 6.07) is 14.0. The second-order valence-electron chi connectivity index (χ2n) is 7.26. The molecule has 3 aliphatic rings. The summed E-state index contributed by atoms with van der Waals surface area (Å²) in [4.78, 5) is 0. The van der Waals surface area contributed by atoms with E-state index in [2.05, 4.69) is 89.7 Å². The van der Waals surface area contributed by atoms with Crippen molar-refractivity contribution in [3.8, 4) is 11.1 Å². The standard InChI is InChI=1S/C21H18BrN/c1-21(2)17-6-4-3-5-13(17)14-11-20-16(10-18(14)21)15-9-12(22)7-8-19(15)23-20/h3-11,15,19,23H,1-2H3. The van der Waals surface area contributed by atoms with Crippen LogP contribution in [0.15, 0.2) is 59.1 Å². The molecular weight excluding hydrogens is 346 g/mol. The smallest absolute Gasteiger partial charge is 0.0552 e. The van der Waals surface area contributed by atoms with Crippen LogP contribution in [0.5, 0.6) is 0 Å². The summed E-state index contributed by atoms with van der Waals surface area (Å²) < 4.78 is 1.18. The van der Waals surface area contributed by atoms with Crippen LogP contribution in [-0.2, 0) is 5.41 Å². The van der Waals surface area contributed by atoms with Crippen molar-refractivity contribution in [3.05, 3.63) is 75.8 Å². The molecule has 2 aromatic carbocycles. The number of hydrogen-bond donors (Lipinski definition) is 1. The first-order valence-electron chi connectivity index (χ1n) is 8.16. The molecule has 1 aliphatic heterocycles. The number of anilines is 1. The van der Waals surface area contributed by atoms with Crippen molar-refractivity contribution in [3.63, 3.8) is 0 Å². The molecule has 2 aromatic rings. The van der Waals surface area contributed by atoms with Gasteiger partial charge in [-0.2, -0.15) is 0 Å². The van der Waals surface area contributed by atoms with Crippen LogP contribution < -0.4 is 5.32 Å². The Balaban J connectivity index is 1.75. The van der Waals surface area contributed by atoms with Crippen molar-refractivity contribution in [2.45, 2.75) is 31.2 Å². The molecule has 5 rings (SSSR count). The van der Waals surface area contributed by atoms with E-state index in [1.54, 1.807) is 0 Å². The fourth-order valence-corrected chi connectivity index (χ4v) is 4.85. The van der Waals surface area contributed by atoms with Gasteiger partial charge in [-0.05, 0) is 33.9 Å². The fourth-order valence-electron chi connectivity index (χ4n) is 4.41. The Morgan fingerprint density at radius 2 is 1.87 bits per heavy atom. The minimum atomic E-state index is 0.0739. The fraction of sp³-hybridized carbons (Fsp3) is 0.238. The lowest BCUT2D eigenvalue weighted by atomic mass is 9.80. The molecule has 2 aliphatic carbocycles. The predicted molar refractivity (Wildman–Crippen MR) is 100 cm³/mol. The number of nitrogens with one attached hydrogen (secondary N) is 1. The van der Waals surface area contributed by atoms with Gasteiger partial charge in [-0.3, -0.25) is 0 Å². The Morgan fingerprint density at radius 3 is 2.74 bits per heavy atom. The number of fused-ring (bicyclic) bond motifs is 6. The van der Waals surface area contributed by atoms with Crippen LogP contribution in [0.3, 0.4) is 0 Å². The third-order valence-electron chi connectivity index (χ3n) is 5.62. The molecular formula is C21H18BrN. The lowest BCUT2D eigenvalue weighted by molar-refractivity contribution is 0.658. The van der Waals surface area contributed by atoms with Crippen molar-refractivity contribution < 1.29 is 0 Å². The Morgan fingerprint density at radius 1 is 1.04 bits per heavy atom. The molecule has 1 heterocycles. The summed E-state index contributed by atoms with van der Waals surface area (Å²) in [5.41, 5.74) is 8.46. The molecule has 0 saturated heterocycles. The molecule has 2 unspecified atom stereocenters. The highest BCUT2D eigenvalue weighted by Crippen LogP contribution is 2.52. The molecule has 0 bridgehead atoms. The normalized spacial score (nSPS) is 25.1. The second-order valence-corrected chi connectivity index (χ2v) is 8.18. The van der Waals surface area contributed by atoms with Crippen LogP contribution in [-0.4, -0.2) is 6.04 Å². The van der Waals surface area contributed by atoms with E-state index in [9.17, 15) is 0 Å². The molecule has 114 valence electrons. The number of hydrogen-bond acceptors (Lipinski definition) is 1. The van der Waals surface area contributed by atoms with Crippen molar-refractivity contribution in [2.24, 2.45) is 0 Å². The third-order valence-corrected chi connectivity index (χ3v) is 6.15. The second kappa shape index (κ2) is 4.39. The van der Waals surface area contributed by atoms with Crippen molar-refractivity contribution in [2.75, 3.05) is 5.32 Å². The molecule has 23 heavy (non-hydrogen) atoms. The maximum Gasteiger partial charge on any atom is 0.0552 e. The molecule has 2 atom stereocenters. The summed E-state index contributed by atoms with van der Waals surface area (Å²) >= 11 is 3.63. The van der Waals surface area contributed by atoms with Crippen LogP contribution in [0.2, 0.25) is 0 Å². The molecule has 0 fully saturated rings. The number of rotatable bonds is 0. The predicted octanol–water partition coefficient (Wildman–Crippen LogP) is 5.72. The zero-order valence-corrected chi connectivity index (χ0v) is 14.8. The molecule has 0 radical (unpaired) electrons. The summed E-state index contributed by atoms with van der Waals surface area (Å²) in [5.74, 6) is 0.425. The van der Waals surface area contributed by atoms with Gasteiger partial charge in [0.1, 0.15) is 0 Å². The van der Waals surface area contributed by atoms with E-state index < -0.39 is 0 Å². The summed E-state index contributed by atoms with van der Waals surface area (Å²) in [7, 11) is 0. The van der Waals surface area contributed by atoms with Gasteiger partial charge >= 0.3 is 0 Å². The van der Waals surface area contributed by atoms with E-state index in [1.165, 1.54) is 38.0 Å². The quantitative estimate of drug-likeness (QED) is 0.631. The monoisotopic (exact) mass is 363 g/mol. The van der Waals surface area contributed by atoms with Gasteiger partial charge in [-0.25, -0.2) is 0 Å². The lowest BCUT2D eigenvalue weighted by Crippen LogP contribution is -2.18. The molecule has 0 spiro atoms. The first kappa shape index (κ1) is 13.6. The van der Waals surface area contributed by atoms with Gasteiger partial charge in [0.15, 0.2) is 0 Å². The van der Waals surface area contributed by atoms with E-state index in [0.29, 0.717) is 12.0 Å². The van der Waals surface area contributed by atoms with E-state index in [0.717, 1.165) is 0 Å². The summed E-state index contributed by atoms with van der Waals surface area (Å²) in [5, 5.41) is 3.69. The van der Waals surface area contributed by atoms with E-state index in [-0.39, 0.29) is 5.41 Å². The average molecular weight is 364 g/mol. The minimum Gasteiger partial charge on any atom is -0.378 e. The molecule has 0 amide bonds. The third kappa shape index (κ3) is 1.73. The zero-order chi connectivity index (χ0) is 15.8. The Kier molecular flexibility index (Phi) is 2.60. The largest absolute Gasteiger partial charge is 0.378 e. The molecule has 1 N–H and O–H groups in total. The Labute approximate surface area is 145 Å². The van der Waals surface area contributed by atoms with Crippen LogP contribution in [0.25, 0.3) is 11.1 Å². The van der Waals surface area contributed by atoms with E-state index >= 15 is 0 Å². The van der Waals surface area contributed by atoms with Gasteiger partial charge in [0, 0.05) is 21.5 Å². The van der Waals surface area contributed by atoms with E-state index in [4.69, 9.17) is 0 Å². The van der Waals surface area contributed by atoms with Crippen molar-refractivity contribution >= 4 is 21.6 Å². The first-order valence-corrected chi connectivity index (χ1v) is 8.95. The van der Waals surface area contributed by atoms with Crippen LogP contribution in [0.1, 0.15) is 36.5 Å². The van der Waals surface area contributed by atoms with Crippen LogP contribution >= 0.6 is 15.9 Å². The van der Waals surface area contributed by atoms with Crippen molar-refractivity contribution in [1.29, 1.82) is 0 Å². The van der Waals surface area contributed by atoms with Crippen LogP contribution in [0.4, 0.5) is 5.69 Å². The summed E-state index contributed by atoms with van der Waals surface area (Å²) in [6.45, 7) is 4.69. The van der Waals surface area contributed by atoms with Crippen LogP contribution in [0, 0.1) is 0 Å². The summed E-state index contributed by atoms with van der Waals surface area (Å²) in [6.07, 6.45) is 6.73. The van der Waals surface area contributed by atoms with Gasteiger partial charge in [-0.1, -0.05) is 78.3 Å². The van der Waals surface area contributed by atoms with Gasteiger partial charge in [-0.15, -0.1) is 0 Å². The topological polar surface area (TPSA) is 12.0 Å². The first-order chi connectivity index (χ1) is 11.1. The maximum absolute atomic E-state index is 3.69. The highest BCUT2D eigenvalue weighted by molar-refractivity contribution is 9.11.